The van der Waals surface area contributed by atoms with Crippen LogP contribution >= 0.6 is 0 Å². The van der Waals surface area contributed by atoms with E-state index in [1.807, 2.05) is 0 Å². The smallest absolute Gasteiger partial charge is 0.0545 e. The summed E-state index contributed by atoms with van der Waals surface area (Å²) in [7, 11) is 0. The van der Waals surface area contributed by atoms with E-state index < -0.39 is 0 Å². The summed E-state index contributed by atoms with van der Waals surface area (Å²) in [6.45, 7) is 4.47. The molecule has 1 aliphatic carbocycles. The van der Waals surface area contributed by atoms with Gasteiger partial charge in [0.25, 0.3) is 0 Å². The first-order valence-corrected chi connectivity index (χ1v) is 17.4. The Balaban J connectivity index is 0.00000110. The number of aromatic nitrogens is 1. The zero-order valence-electron chi connectivity index (χ0n) is 28.2. The SMILES string of the molecule is C1CC1.Cc1ccccc1N(c1ccccc1)c1ccc2c(c1C)c1ccccc1n2-c1cc(-c2ccccc2)cc(-c2ccccc2)c1. The third-order valence-corrected chi connectivity index (χ3v) is 9.43. The summed E-state index contributed by atoms with van der Waals surface area (Å²) in [6, 6.07) is 61.1. The Morgan fingerprint density at radius 2 is 1.00 bits per heavy atom. The van der Waals surface area contributed by atoms with E-state index in [1.54, 1.807) is 0 Å². The highest BCUT2D eigenvalue weighted by atomic mass is 15.1. The van der Waals surface area contributed by atoms with Crippen molar-refractivity contribution in [3.63, 3.8) is 0 Å². The van der Waals surface area contributed by atoms with Gasteiger partial charge in [-0.1, -0.05) is 135 Å². The van der Waals surface area contributed by atoms with Crippen molar-refractivity contribution in [2.45, 2.75) is 33.1 Å². The van der Waals surface area contributed by atoms with Gasteiger partial charge in [0.1, 0.15) is 0 Å². The summed E-state index contributed by atoms with van der Waals surface area (Å²) < 4.78 is 2.45. The lowest BCUT2D eigenvalue weighted by atomic mass is 9.98. The van der Waals surface area contributed by atoms with Crippen LogP contribution in [0.5, 0.6) is 0 Å². The van der Waals surface area contributed by atoms with E-state index in [-0.39, 0.29) is 0 Å². The van der Waals surface area contributed by atoms with Crippen LogP contribution < -0.4 is 4.90 Å². The van der Waals surface area contributed by atoms with Gasteiger partial charge < -0.3 is 9.47 Å². The average Bonchev–Trinajstić information content (AvgIpc) is 4.02. The Labute approximate surface area is 289 Å². The molecule has 0 saturated heterocycles. The molecule has 1 aromatic heterocycles. The minimum atomic E-state index is 1.14. The molecule has 0 spiro atoms. The molecule has 238 valence electrons. The molecule has 0 atom stereocenters. The third kappa shape index (κ3) is 6.03. The summed E-state index contributed by atoms with van der Waals surface area (Å²) in [6.07, 6.45) is 4.50. The van der Waals surface area contributed by atoms with Crippen LogP contribution in [0.3, 0.4) is 0 Å². The van der Waals surface area contributed by atoms with E-state index in [0.29, 0.717) is 0 Å². The number of benzene rings is 7. The molecule has 0 radical (unpaired) electrons. The van der Waals surface area contributed by atoms with Gasteiger partial charge in [-0.3, -0.25) is 0 Å². The highest BCUT2D eigenvalue weighted by Crippen LogP contribution is 2.44. The lowest BCUT2D eigenvalue weighted by Gasteiger charge is -2.28. The molecule has 0 N–H and O–H groups in total. The lowest BCUT2D eigenvalue weighted by Crippen LogP contribution is -2.12. The molecule has 0 bridgehead atoms. The standard InChI is InChI=1S/C44H34N2.C3H6/c1-31-16-12-14-24-40(31)45(37-21-10-5-11-22-37)41-26-27-43-44(32(41)2)39-23-13-15-25-42(39)46(43)38-29-35(33-17-6-3-7-18-33)28-36(30-38)34-19-8-4-9-20-34;1-2-3-1/h3-30H,1-2H3;1-3H2. The Bertz CT molecular complexity index is 2310. The largest absolute Gasteiger partial charge is 0.310 e. The number of hydrogen-bond donors (Lipinski definition) is 0. The second-order valence-corrected chi connectivity index (χ2v) is 13.0. The van der Waals surface area contributed by atoms with E-state index in [0.717, 1.165) is 11.4 Å². The van der Waals surface area contributed by atoms with Crippen molar-refractivity contribution in [1.29, 1.82) is 0 Å². The summed E-state index contributed by atoms with van der Waals surface area (Å²) in [5.74, 6) is 0. The highest BCUT2D eigenvalue weighted by molar-refractivity contribution is 6.13. The number of hydrogen-bond acceptors (Lipinski definition) is 1. The molecular weight excluding hydrogens is 593 g/mol. The van der Waals surface area contributed by atoms with Crippen LogP contribution in [-0.4, -0.2) is 4.57 Å². The first kappa shape index (κ1) is 30.5. The molecule has 49 heavy (non-hydrogen) atoms. The molecule has 1 fully saturated rings. The quantitative estimate of drug-likeness (QED) is 0.177. The number of para-hydroxylation sites is 3. The van der Waals surface area contributed by atoms with Crippen molar-refractivity contribution >= 4 is 38.9 Å². The first-order valence-electron chi connectivity index (χ1n) is 17.4. The van der Waals surface area contributed by atoms with Crippen molar-refractivity contribution in [2.24, 2.45) is 0 Å². The topological polar surface area (TPSA) is 8.17 Å². The maximum absolute atomic E-state index is 2.45. The minimum absolute atomic E-state index is 1.14. The van der Waals surface area contributed by atoms with Crippen molar-refractivity contribution in [2.75, 3.05) is 4.90 Å². The summed E-state index contributed by atoms with van der Waals surface area (Å²) in [5.41, 5.74) is 14.4. The van der Waals surface area contributed by atoms with Crippen LogP contribution in [0.15, 0.2) is 170 Å². The van der Waals surface area contributed by atoms with Gasteiger partial charge in [0, 0.05) is 33.5 Å². The van der Waals surface area contributed by atoms with Gasteiger partial charge in [-0.2, -0.15) is 0 Å². The molecule has 0 aliphatic heterocycles. The maximum Gasteiger partial charge on any atom is 0.0545 e. The number of anilines is 3. The predicted molar refractivity (Wildman–Crippen MR) is 210 cm³/mol. The van der Waals surface area contributed by atoms with Crippen molar-refractivity contribution < 1.29 is 0 Å². The van der Waals surface area contributed by atoms with Crippen LogP contribution in [0.2, 0.25) is 0 Å². The van der Waals surface area contributed by atoms with Gasteiger partial charge >= 0.3 is 0 Å². The van der Waals surface area contributed by atoms with Crippen LogP contribution in [0.1, 0.15) is 30.4 Å². The molecule has 7 aromatic carbocycles. The van der Waals surface area contributed by atoms with Crippen LogP contribution in [0, 0.1) is 13.8 Å². The van der Waals surface area contributed by atoms with E-state index >= 15 is 0 Å². The molecule has 8 aromatic rings. The molecule has 2 heteroatoms. The van der Waals surface area contributed by atoms with Crippen molar-refractivity contribution in [3.8, 4) is 27.9 Å². The minimum Gasteiger partial charge on any atom is -0.310 e. The van der Waals surface area contributed by atoms with E-state index in [1.165, 1.54) is 85.8 Å². The Kier molecular flexibility index (Phi) is 8.29. The molecule has 2 nitrogen and oxygen atoms in total. The third-order valence-electron chi connectivity index (χ3n) is 9.43. The van der Waals surface area contributed by atoms with Gasteiger partial charge in [0.05, 0.1) is 11.0 Å². The molecule has 0 unspecified atom stereocenters. The zero-order chi connectivity index (χ0) is 33.2. The van der Waals surface area contributed by atoms with Gasteiger partial charge in [0.2, 0.25) is 0 Å². The lowest BCUT2D eigenvalue weighted by molar-refractivity contribution is 1.18. The highest BCUT2D eigenvalue weighted by Gasteiger charge is 2.22. The monoisotopic (exact) mass is 632 g/mol. The second-order valence-electron chi connectivity index (χ2n) is 13.0. The Morgan fingerprint density at radius 3 is 1.61 bits per heavy atom. The summed E-state index contributed by atoms with van der Waals surface area (Å²) >= 11 is 0. The molecule has 0 amide bonds. The van der Waals surface area contributed by atoms with Crippen LogP contribution in [-0.2, 0) is 0 Å². The van der Waals surface area contributed by atoms with E-state index in [2.05, 4.69) is 193 Å². The zero-order valence-corrected chi connectivity index (χ0v) is 28.2. The van der Waals surface area contributed by atoms with Crippen LogP contribution in [0.4, 0.5) is 17.1 Å². The number of nitrogens with zero attached hydrogens (tertiary/aromatic N) is 2. The fourth-order valence-electron chi connectivity index (χ4n) is 6.88. The van der Waals surface area contributed by atoms with E-state index in [4.69, 9.17) is 0 Å². The van der Waals surface area contributed by atoms with Crippen molar-refractivity contribution in [1.82, 2.24) is 4.57 Å². The van der Waals surface area contributed by atoms with Crippen LogP contribution in [0.25, 0.3) is 49.7 Å². The summed E-state index contributed by atoms with van der Waals surface area (Å²) in [5, 5.41) is 2.52. The van der Waals surface area contributed by atoms with Gasteiger partial charge in [-0.15, -0.1) is 0 Å². The summed E-state index contributed by atoms with van der Waals surface area (Å²) in [4.78, 5) is 2.40. The Hall–Kier alpha value is -5.86. The molecule has 1 heterocycles. The molecular formula is C47H40N2. The average molecular weight is 633 g/mol. The normalized spacial score (nSPS) is 12.0. The fraction of sp³-hybridized carbons (Fsp3) is 0.106. The van der Waals surface area contributed by atoms with E-state index in [9.17, 15) is 0 Å². The molecule has 1 saturated carbocycles. The number of aryl methyl sites for hydroxylation is 2. The number of fused-ring (bicyclic) bond motifs is 3. The molecule has 1 aliphatic rings. The van der Waals surface area contributed by atoms with Gasteiger partial charge in [-0.05, 0) is 102 Å². The van der Waals surface area contributed by atoms with Gasteiger partial charge in [-0.25, -0.2) is 0 Å². The van der Waals surface area contributed by atoms with Gasteiger partial charge in [0.15, 0.2) is 0 Å². The predicted octanol–water partition coefficient (Wildman–Crippen LogP) is 13.4. The first-order chi connectivity index (χ1) is 24.2. The maximum atomic E-state index is 2.45. The van der Waals surface area contributed by atoms with Crippen molar-refractivity contribution in [3.05, 3.63) is 181 Å². The number of rotatable bonds is 6. The second kappa shape index (κ2) is 13.3. The molecule has 9 rings (SSSR count). The fourth-order valence-corrected chi connectivity index (χ4v) is 6.88. The Morgan fingerprint density at radius 1 is 0.449 bits per heavy atom.